The highest BCUT2D eigenvalue weighted by atomic mass is 79.9. The minimum atomic E-state index is -0.146. The van der Waals surface area contributed by atoms with Crippen molar-refractivity contribution in [1.29, 1.82) is 0 Å². The molecule has 3 nitrogen and oxygen atoms in total. The lowest BCUT2D eigenvalue weighted by Gasteiger charge is -2.08. The first-order chi connectivity index (χ1) is 13.0. The maximum Gasteiger partial charge on any atom is 0.255 e. The second-order valence-corrected chi connectivity index (χ2v) is 8.03. The van der Waals surface area contributed by atoms with Crippen LogP contribution in [0.4, 0.5) is 5.69 Å². The van der Waals surface area contributed by atoms with Crippen molar-refractivity contribution in [3.05, 3.63) is 94.0 Å². The van der Waals surface area contributed by atoms with Crippen LogP contribution in [0.2, 0.25) is 0 Å². The lowest BCUT2D eigenvalue weighted by Crippen LogP contribution is -2.11. The first-order valence-electron chi connectivity index (χ1n) is 8.41. The van der Waals surface area contributed by atoms with Gasteiger partial charge in [0, 0.05) is 26.2 Å². The lowest BCUT2D eigenvalue weighted by molar-refractivity contribution is 0.101. The largest absolute Gasteiger partial charge is 0.322 e. The summed E-state index contributed by atoms with van der Waals surface area (Å²) in [4.78, 5) is 25.6. The summed E-state index contributed by atoms with van der Waals surface area (Å²) in [6, 6.07) is 22.3. The summed E-state index contributed by atoms with van der Waals surface area (Å²) < 4.78 is 0.948. The minimum Gasteiger partial charge on any atom is -0.322 e. The molecule has 0 aliphatic rings. The van der Waals surface area contributed by atoms with Gasteiger partial charge in [-0.3, -0.25) is 9.59 Å². The monoisotopic (exact) mass is 439 g/mol. The van der Waals surface area contributed by atoms with Crippen LogP contribution in [0.15, 0.2) is 82.2 Å². The van der Waals surface area contributed by atoms with E-state index in [4.69, 9.17) is 0 Å². The van der Waals surface area contributed by atoms with Crippen molar-refractivity contribution >= 4 is 45.1 Å². The Morgan fingerprint density at radius 3 is 2.41 bits per heavy atom. The molecular formula is C22H18BrNO2S. The van der Waals surface area contributed by atoms with E-state index in [1.54, 1.807) is 6.07 Å². The molecule has 0 fully saturated rings. The van der Waals surface area contributed by atoms with E-state index in [9.17, 15) is 9.59 Å². The summed E-state index contributed by atoms with van der Waals surface area (Å²) in [5.74, 6) is 0.269. The molecule has 0 saturated carbocycles. The average Bonchev–Trinajstić information content (AvgIpc) is 2.67. The van der Waals surface area contributed by atoms with Gasteiger partial charge < -0.3 is 5.32 Å². The number of rotatable bonds is 6. The second-order valence-electron chi connectivity index (χ2n) is 6.07. The van der Waals surface area contributed by atoms with E-state index in [-0.39, 0.29) is 11.7 Å². The Labute approximate surface area is 171 Å². The van der Waals surface area contributed by atoms with Gasteiger partial charge in [0.2, 0.25) is 0 Å². The standard InChI is InChI=1S/C22H18BrNO2S/c1-15-4-2-5-17(12-15)22(26)24-19-6-3-7-20(13-19)27-14-21(25)16-8-10-18(23)11-9-16/h2-13H,14H2,1H3,(H,24,26). The summed E-state index contributed by atoms with van der Waals surface area (Å²) in [5.41, 5.74) is 3.06. The van der Waals surface area contributed by atoms with Crippen LogP contribution in [0, 0.1) is 6.92 Å². The molecule has 0 heterocycles. The van der Waals surface area contributed by atoms with Crippen LogP contribution in [-0.4, -0.2) is 17.4 Å². The first-order valence-corrected chi connectivity index (χ1v) is 10.2. The van der Waals surface area contributed by atoms with Gasteiger partial charge in [0.1, 0.15) is 0 Å². The van der Waals surface area contributed by atoms with Gasteiger partial charge in [-0.05, 0) is 49.4 Å². The van der Waals surface area contributed by atoms with Crippen molar-refractivity contribution in [3.63, 3.8) is 0 Å². The molecule has 0 atom stereocenters. The topological polar surface area (TPSA) is 46.2 Å². The van der Waals surface area contributed by atoms with E-state index in [2.05, 4.69) is 21.2 Å². The highest BCUT2D eigenvalue weighted by molar-refractivity contribution is 9.10. The zero-order chi connectivity index (χ0) is 19.2. The zero-order valence-corrected chi connectivity index (χ0v) is 17.1. The van der Waals surface area contributed by atoms with Gasteiger partial charge in [-0.1, -0.05) is 51.8 Å². The molecule has 0 bridgehead atoms. The number of halogens is 1. The van der Waals surface area contributed by atoms with Crippen molar-refractivity contribution in [2.45, 2.75) is 11.8 Å². The molecule has 0 radical (unpaired) electrons. The van der Waals surface area contributed by atoms with Gasteiger partial charge in [0.25, 0.3) is 5.91 Å². The average molecular weight is 440 g/mol. The van der Waals surface area contributed by atoms with E-state index < -0.39 is 0 Å². The number of ketones is 1. The predicted molar refractivity (Wildman–Crippen MR) is 115 cm³/mol. The van der Waals surface area contributed by atoms with E-state index in [1.807, 2.05) is 73.7 Å². The van der Waals surface area contributed by atoms with Gasteiger partial charge in [-0.25, -0.2) is 0 Å². The van der Waals surface area contributed by atoms with Crippen molar-refractivity contribution in [2.24, 2.45) is 0 Å². The van der Waals surface area contributed by atoms with E-state index in [0.717, 1.165) is 14.9 Å². The Hall–Kier alpha value is -2.37. The number of amides is 1. The zero-order valence-electron chi connectivity index (χ0n) is 14.7. The Bertz CT molecular complexity index is 970. The lowest BCUT2D eigenvalue weighted by atomic mass is 10.1. The Kier molecular flexibility index (Phi) is 6.48. The molecule has 5 heteroatoms. The summed E-state index contributed by atoms with van der Waals surface area (Å²) in [6.45, 7) is 1.95. The number of aryl methyl sites for hydroxylation is 1. The van der Waals surface area contributed by atoms with Crippen molar-refractivity contribution in [2.75, 3.05) is 11.1 Å². The number of Topliss-reactive ketones (excluding diaryl/α,β-unsaturated/α-hetero) is 1. The van der Waals surface area contributed by atoms with Crippen molar-refractivity contribution < 1.29 is 9.59 Å². The molecule has 27 heavy (non-hydrogen) atoms. The number of anilines is 1. The van der Waals surface area contributed by atoms with Crippen LogP contribution in [-0.2, 0) is 0 Å². The van der Waals surface area contributed by atoms with Gasteiger partial charge in [0.05, 0.1) is 5.75 Å². The molecule has 0 unspecified atom stereocenters. The summed E-state index contributed by atoms with van der Waals surface area (Å²) >= 11 is 4.82. The Morgan fingerprint density at radius 1 is 0.926 bits per heavy atom. The van der Waals surface area contributed by atoms with E-state index >= 15 is 0 Å². The van der Waals surface area contributed by atoms with Crippen LogP contribution in [0.1, 0.15) is 26.3 Å². The fourth-order valence-corrected chi connectivity index (χ4v) is 3.64. The number of benzene rings is 3. The predicted octanol–water partition coefficient (Wildman–Crippen LogP) is 5.98. The van der Waals surface area contributed by atoms with Crippen LogP contribution >= 0.6 is 27.7 Å². The number of hydrogen-bond acceptors (Lipinski definition) is 3. The Morgan fingerprint density at radius 2 is 1.67 bits per heavy atom. The van der Waals surface area contributed by atoms with E-state index in [1.165, 1.54) is 11.8 Å². The third-order valence-electron chi connectivity index (χ3n) is 3.91. The maximum absolute atomic E-state index is 12.4. The third-order valence-corrected chi connectivity index (χ3v) is 5.43. The quantitative estimate of drug-likeness (QED) is 0.379. The summed E-state index contributed by atoms with van der Waals surface area (Å²) in [6.07, 6.45) is 0. The molecule has 3 rings (SSSR count). The first kappa shape index (κ1) is 19.4. The van der Waals surface area contributed by atoms with Gasteiger partial charge in [0.15, 0.2) is 5.78 Å². The minimum absolute atomic E-state index is 0.0710. The van der Waals surface area contributed by atoms with Crippen LogP contribution in [0.3, 0.4) is 0 Å². The third kappa shape index (κ3) is 5.55. The molecular weight excluding hydrogens is 422 g/mol. The van der Waals surface area contributed by atoms with E-state index in [0.29, 0.717) is 22.6 Å². The summed E-state index contributed by atoms with van der Waals surface area (Å²) in [5, 5.41) is 2.91. The fourth-order valence-electron chi connectivity index (χ4n) is 2.52. The van der Waals surface area contributed by atoms with Crippen LogP contribution in [0.5, 0.6) is 0 Å². The van der Waals surface area contributed by atoms with Crippen LogP contribution in [0.25, 0.3) is 0 Å². The van der Waals surface area contributed by atoms with Gasteiger partial charge in [-0.2, -0.15) is 0 Å². The van der Waals surface area contributed by atoms with Crippen LogP contribution < -0.4 is 5.32 Å². The molecule has 0 aliphatic carbocycles. The highest BCUT2D eigenvalue weighted by Crippen LogP contribution is 2.23. The molecule has 0 spiro atoms. The smallest absolute Gasteiger partial charge is 0.255 e. The molecule has 1 N–H and O–H groups in total. The molecule has 136 valence electrons. The fraction of sp³-hybridized carbons (Fsp3) is 0.0909. The molecule has 0 aliphatic heterocycles. The summed E-state index contributed by atoms with van der Waals surface area (Å²) in [7, 11) is 0. The molecule has 3 aromatic rings. The number of nitrogens with one attached hydrogen (secondary N) is 1. The SMILES string of the molecule is Cc1cccc(C(=O)Nc2cccc(SCC(=O)c3ccc(Br)cc3)c2)c1. The second kappa shape index (κ2) is 9.02. The number of carbonyl (C=O) groups is 2. The maximum atomic E-state index is 12.4. The van der Waals surface area contributed by atoms with Gasteiger partial charge >= 0.3 is 0 Å². The number of thioether (sulfide) groups is 1. The molecule has 0 saturated heterocycles. The van der Waals surface area contributed by atoms with Crippen molar-refractivity contribution in [3.8, 4) is 0 Å². The highest BCUT2D eigenvalue weighted by Gasteiger charge is 2.09. The molecule has 1 amide bonds. The number of carbonyl (C=O) groups excluding carboxylic acids is 2. The van der Waals surface area contributed by atoms with Crippen molar-refractivity contribution in [1.82, 2.24) is 0 Å². The number of hydrogen-bond donors (Lipinski definition) is 1. The molecule has 3 aromatic carbocycles. The Balaban J connectivity index is 1.62. The van der Waals surface area contributed by atoms with Gasteiger partial charge in [-0.15, -0.1) is 11.8 Å². The normalized spacial score (nSPS) is 10.4. The molecule has 0 aromatic heterocycles.